The Morgan fingerprint density at radius 3 is 2.44 bits per heavy atom. The zero-order valence-corrected chi connectivity index (χ0v) is 22.2. The van der Waals surface area contributed by atoms with E-state index in [4.69, 9.17) is 4.99 Å². The molecule has 2 aliphatic heterocycles. The third-order valence-electron chi connectivity index (χ3n) is 7.65. The van der Waals surface area contributed by atoms with Gasteiger partial charge in [-0.3, -0.25) is 24.4 Å². The molecule has 1 aromatic carbocycles. The number of rotatable bonds is 8. The first-order chi connectivity index (χ1) is 16.2. The van der Waals surface area contributed by atoms with E-state index in [1.165, 1.54) is 16.0 Å². The summed E-state index contributed by atoms with van der Waals surface area (Å²) in [6.45, 7) is 7.65. The minimum absolute atomic E-state index is 0. The van der Waals surface area contributed by atoms with Crippen LogP contribution in [-0.2, 0) is 22.6 Å². The highest BCUT2D eigenvalue weighted by Gasteiger charge is 2.58. The number of nitrogens with one attached hydrogen (secondary N) is 2. The van der Waals surface area contributed by atoms with E-state index in [-0.39, 0.29) is 59.5 Å². The van der Waals surface area contributed by atoms with Crippen molar-refractivity contribution in [1.82, 2.24) is 20.4 Å². The lowest BCUT2D eigenvalue weighted by atomic mass is 9.85. The van der Waals surface area contributed by atoms with Crippen LogP contribution in [-0.4, -0.2) is 66.8 Å². The van der Waals surface area contributed by atoms with Crippen molar-refractivity contribution >= 4 is 41.8 Å². The van der Waals surface area contributed by atoms with Crippen molar-refractivity contribution in [2.24, 2.45) is 28.7 Å². The number of fused-ring (bicyclic) bond motifs is 6. The summed E-state index contributed by atoms with van der Waals surface area (Å²) in [5.74, 6) is 1.10. The van der Waals surface area contributed by atoms with E-state index in [0.29, 0.717) is 13.1 Å². The lowest BCUT2D eigenvalue weighted by Gasteiger charge is -2.28. The fourth-order valence-electron chi connectivity index (χ4n) is 6.04. The maximum Gasteiger partial charge on any atom is 0.233 e. The van der Waals surface area contributed by atoms with Crippen LogP contribution in [0.4, 0.5) is 0 Å². The monoisotopic (exact) mass is 577 g/mol. The molecule has 2 fully saturated rings. The number of allylic oxidation sites excluding steroid dienone is 2. The molecule has 1 saturated heterocycles. The topological polar surface area (TPSA) is 77.0 Å². The fraction of sp³-hybridized carbons (Fsp3) is 0.577. The van der Waals surface area contributed by atoms with Crippen molar-refractivity contribution in [3.8, 4) is 0 Å². The van der Waals surface area contributed by atoms with E-state index in [1.54, 1.807) is 0 Å². The normalized spacial score (nSPS) is 27.6. The van der Waals surface area contributed by atoms with Gasteiger partial charge in [0.25, 0.3) is 0 Å². The molecule has 2 amide bonds. The Kier molecular flexibility index (Phi) is 8.29. The van der Waals surface area contributed by atoms with Crippen molar-refractivity contribution < 1.29 is 9.59 Å². The first-order valence-corrected chi connectivity index (χ1v) is 12.5. The number of nitrogens with zero attached hydrogens (tertiary/aromatic N) is 3. The van der Waals surface area contributed by atoms with Crippen LogP contribution < -0.4 is 10.6 Å². The maximum absolute atomic E-state index is 12.8. The molecule has 2 aliphatic carbocycles. The maximum atomic E-state index is 12.8. The minimum Gasteiger partial charge on any atom is -0.357 e. The number of halogens is 1. The summed E-state index contributed by atoms with van der Waals surface area (Å²) in [4.78, 5) is 34.3. The predicted molar refractivity (Wildman–Crippen MR) is 144 cm³/mol. The van der Waals surface area contributed by atoms with Gasteiger partial charge in [0.1, 0.15) is 0 Å². The van der Waals surface area contributed by atoms with E-state index < -0.39 is 0 Å². The molecule has 4 unspecified atom stereocenters. The standard InChI is InChI=1S/C26H35N5O2.HI/c1-2-27-26(28-11-5-13-30-14-10-18-6-3-4-7-21(18)17-30)29-12-15-31-24(32)22-19-8-9-20(16-19)23(22)25(31)33;/h3-4,6-9,19-20,22-23H,2,5,10-17H2,1H3,(H2,27,28,29);1H. The summed E-state index contributed by atoms with van der Waals surface area (Å²) in [6.07, 6.45) is 7.37. The van der Waals surface area contributed by atoms with E-state index in [9.17, 15) is 9.59 Å². The predicted octanol–water partition coefficient (Wildman–Crippen LogP) is 2.41. The van der Waals surface area contributed by atoms with Gasteiger partial charge >= 0.3 is 0 Å². The first kappa shape index (κ1) is 25.2. The van der Waals surface area contributed by atoms with Crippen LogP contribution >= 0.6 is 24.0 Å². The second kappa shape index (κ2) is 11.2. The zero-order valence-electron chi connectivity index (χ0n) is 19.9. The molecule has 8 heteroatoms. The highest BCUT2D eigenvalue weighted by molar-refractivity contribution is 14.0. The number of guanidine groups is 1. The van der Waals surface area contributed by atoms with Gasteiger partial charge in [0.2, 0.25) is 11.8 Å². The third-order valence-corrected chi connectivity index (χ3v) is 7.65. The Morgan fingerprint density at radius 2 is 1.74 bits per heavy atom. The molecule has 4 atom stereocenters. The molecule has 0 aromatic heterocycles. The Morgan fingerprint density at radius 1 is 1.03 bits per heavy atom. The number of imide groups is 1. The fourth-order valence-corrected chi connectivity index (χ4v) is 6.04. The summed E-state index contributed by atoms with van der Waals surface area (Å²) in [7, 11) is 0. The number of aliphatic imine (C=N–C) groups is 1. The SMILES string of the molecule is CCNC(=NCCCN1CCc2ccccc2C1)NCCN1C(=O)C2C3C=CC(C3)C2C1=O.I. The van der Waals surface area contributed by atoms with Crippen LogP contribution in [0, 0.1) is 23.7 Å². The third kappa shape index (κ3) is 5.03. The summed E-state index contributed by atoms with van der Waals surface area (Å²) in [5, 5.41) is 6.58. The molecule has 34 heavy (non-hydrogen) atoms. The van der Waals surface area contributed by atoms with Crippen molar-refractivity contribution in [1.29, 1.82) is 0 Å². The number of hydrogen-bond acceptors (Lipinski definition) is 4. The molecule has 7 nitrogen and oxygen atoms in total. The molecule has 5 rings (SSSR count). The van der Waals surface area contributed by atoms with E-state index >= 15 is 0 Å². The van der Waals surface area contributed by atoms with E-state index in [1.807, 2.05) is 6.92 Å². The van der Waals surface area contributed by atoms with Gasteiger partial charge in [0, 0.05) is 45.8 Å². The second-order valence-electron chi connectivity index (χ2n) is 9.66. The van der Waals surface area contributed by atoms with Gasteiger partial charge in [-0.15, -0.1) is 24.0 Å². The Labute approximate surface area is 219 Å². The highest BCUT2D eigenvalue weighted by atomic mass is 127. The van der Waals surface area contributed by atoms with Gasteiger partial charge in [0.05, 0.1) is 11.8 Å². The van der Waals surface area contributed by atoms with Crippen LogP contribution in [0.2, 0.25) is 0 Å². The Hall–Kier alpha value is -1.94. The second-order valence-corrected chi connectivity index (χ2v) is 9.66. The number of likely N-dealkylation sites (tertiary alicyclic amines) is 1. The van der Waals surface area contributed by atoms with Crippen molar-refractivity contribution in [2.45, 2.75) is 32.7 Å². The summed E-state index contributed by atoms with van der Waals surface area (Å²) in [5.41, 5.74) is 2.93. The van der Waals surface area contributed by atoms with Crippen molar-refractivity contribution in [3.63, 3.8) is 0 Å². The van der Waals surface area contributed by atoms with Crippen LogP contribution in [0.5, 0.6) is 0 Å². The van der Waals surface area contributed by atoms with E-state index in [2.05, 4.69) is 52.0 Å². The average molecular weight is 578 g/mol. The van der Waals surface area contributed by atoms with Gasteiger partial charge < -0.3 is 10.6 Å². The molecule has 2 heterocycles. The average Bonchev–Trinajstić information content (AvgIpc) is 3.51. The van der Waals surface area contributed by atoms with Gasteiger partial charge in [-0.05, 0) is 49.1 Å². The van der Waals surface area contributed by atoms with Gasteiger partial charge in [-0.1, -0.05) is 36.4 Å². The highest BCUT2D eigenvalue weighted by Crippen LogP contribution is 2.52. The van der Waals surface area contributed by atoms with Crippen molar-refractivity contribution in [3.05, 3.63) is 47.5 Å². The van der Waals surface area contributed by atoms with Crippen LogP contribution in [0.25, 0.3) is 0 Å². The lowest BCUT2D eigenvalue weighted by Crippen LogP contribution is -2.43. The molecule has 2 N–H and O–H groups in total. The number of benzene rings is 1. The molecular weight excluding hydrogens is 541 g/mol. The molecule has 0 radical (unpaired) electrons. The molecular formula is C26H36IN5O2. The lowest BCUT2D eigenvalue weighted by molar-refractivity contribution is -0.140. The van der Waals surface area contributed by atoms with Crippen LogP contribution in [0.1, 0.15) is 30.9 Å². The number of amides is 2. The summed E-state index contributed by atoms with van der Waals surface area (Å²) in [6, 6.07) is 8.72. The molecule has 1 aromatic rings. The Balaban J connectivity index is 0.00000274. The molecule has 0 spiro atoms. The molecule has 2 bridgehead atoms. The van der Waals surface area contributed by atoms with Gasteiger partial charge in [0.15, 0.2) is 5.96 Å². The zero-order chi connectivity index (χ0) is 22.8. The van der Waals surface area contributed by atoms with Gasteiger partial charge in [-0.25, -0.2) is 0 Å². The van der Waals surface area contributed by atoms with Crippen LogP contribution in [0.15, 0.2) is 41.4 Å². The first-order valence-electron chi connectivity index (χ1n) is 12.5. The number of hydrogen-bond donors (Lipinski definition) is 2. The van der Waals surface area contributed by atoms with Crippen molar-refractivity contribution in [2.75, 3.05) is 39.3 Å². The van der Waals surface area contributed by atoms with E-state index in [0.717, 1.165) is 57.9 Å². The summed E-state index contributed by atoms with van der Waals surface area (Å²) < 4.78 is 0. The minimum atomic E-state index is -0.115. The molecule has 184 valence electrons. The van der Waals surface area contributed by atoms with Gasteiger partial charge in [-0.2, -0.15) is 0 Å². The number of carbonyl (C=O) groups is 2. The smallest absolute Gasteiger partial charge is 0.233 e. The summed E-state index contributed by atoms with van der Waals surface area (Å²) >= 11 is 0. The largest absolute Gasteiger partial charge is 0.357 e. The van der Waals surface area contributed by atoms with Crippen LogP contribution in [0.3, 0.4) is 0 Å². The molecule has 1 saturated carbocycles. The molecule has 4 aliphatic rings. The quantitative estimate of drug-likeness (QED) is 0.124. The Bertz CT molecular complexity index is 934. The number of carbonyl (C=O) groups excluding carboxylic acids is 2.